The molecular formula is C21H23N3O6. The van der Waals surface area contributed by atoms with E-state index in [-0.39, 0.29) is 12.5 Å². The van der Waals surface area contributed by atoms with Gasteiger partial charge in [0, 0.05) is 11.6 Å². The first-order chi connectivity index (χ1) is 14.7. The fraction of sp³-hybridized carbons (Fsp3) is 0.286. The molecule has 9 nitrogen and oxygen atoms in total. The molecule has 158 valence electrons. The molecule has 9 heteroatoms. The van der Waals surface area contributed by atoms with Gasteiger partial charge in [0.2, 0.25) is 5.82 Å². The van der Waals surface area contributed by atoms with Crippen LogP contribution in [0.2, 0.25) is 0 Å². The zero-order chi connectivity index (χ0) is 21.3. The first-order valence-electron chi connectivity index (χ1n) is 9.19. The Morgan fingerprint density at radius 2 is 1.80 bits per heavy atom. The summed E-state index contributed by atoms with van der Waals surface area (Å²) < 4.78 is 26.6. The van der Waals surface area contributed by atoms with E-state index in [1.165, 1.54) is 0 Å². The predicted molar refractivity (Wildman–Crippen MR) is 109 cm³/mol. The summed E-state index contributed by atoms with van der Waals surface area (Å²) in [4.78, 5) is 9.58. The minimum absolute atomic E-state index is 0.0239. The van der Waals surface area contributed by atoms with E-state index in [0.717, 1.165) is 5.56 Å². The predicted octanol–water partition coefficient (Wildman–Crippen LogP) is 3.71. The van der Waals surface area contributed by atoms with E-state index >= 15 is 0 Å². The highest BCUT2D eigenvalue weighted by Gasteiger charge is 2.14. The van der Waals surface area contributed by atoms with Crippen LogP contribution >= 0.6 is 0 Å². The Kier molecular flexibility index (Phi) is 7.09. The Morgan fingerprint density at radius 3 is 2.53 bits per heavy atom. The quantitative estimate of drug-likeness (QED) is 0.366. The van der Waals surface area contributed by atoms with Gasteiger partial charge in [-0.15, -0.1) is 0 Å². The van der Waals surface area contributed by atoms with Gasteiger partial charge in [0.25, 0.3) is 5.89 Å². The van der Waals surface area contributed by atoms with Crippen LogP contribution in [0.4, 0.5) is 0 Å². The van der Waals surface area contributed by atoms with Crippen LogP contribution in [-0.4, -0.2) is 44.3 Å². The highest BCUT2D eigenvalue weighted by atomic mass is 16.6. The van der Waals surface area contributed by atoms with Crippen molar-refractivity contribution < 1.29 is 28.3 Å². The second-order valence-corrected chi connectivity index (χ2v) is 5.93. The molecule has 1 aromatic heterocycles. The number of hydrogen-bond acceptors (Lipinski definition) is 9. The van der Waals surface area contributed by atoms with Crippen LogP contribution in [0.15, 0.2) is 46.1 Å². The zero-order valence-corrected chi connectivity index (χ0v) is 17.2. The second-order valence-electron chi connectivity index (χ2n) is 5.93. The maximum absolute atomic E-state index is 5.49. The first kappa shape index (κ1) is 21.0. The van der Waals surface area contributed by atoms with Gasteiger partial charge >= 0.3 is 0 Å². The summed E-state index contributed by atoms with van der Waals surface area (Å²) in [5, 5.41) is 7.90. The number of benzene rings is 2. The third-order valence-electron chi connectivity index (χ3n) is 4.07. The van der Waals surface area contributed by atoms with Crippen molar-refractivity contribution in [1.29, 1.82) is 0 Å². The van der Waals surface area contributed by atoms with Crippen LogP contribution in [0.5, 0.6) is 23.0 Å². The summed E-state index contributed by atoms with van der Waals surface area (Å²) in [6.45, 7) is 2.49. The largest absolute Gasteiger partial charge is 0.497 e. The number of rotatable bonds is 10. The molecule has 3 aromatic rings. The maximum Gasteiger partial charge on any atom is 0.267 e. The van der Waals surface area contributed by atoms with Crippen molar-refractivity contribution in [2.45, 2.75) is 13.5 Å². The van der Waals surface area contributed by atoms with Gasteiger partial charge in [-0.05, 0) is 37.3 Å². The molecule has 0 radical (unpaired) electrons. The first-order valence-corrected chi connectivity index (χ1v) is 9.19. The molecule has 2 aromatic carbocycles. The van der Waals surface area contributed by atoms with Crippen LogP contribution in [0.3, 0.4) is 0 Å². The molecule has 0 N–H and O–H groups in total. The molecule has 0 fully saturated rings. The summed E-state index contributed by atoms with van der Waals surface area (Å²) in [6, 6.07) is 10.8. The number of aromatic nitrogens is 2. The molecule has 0 amide bonds. The Bertz CT molecular complexity index is 1000. The van der Waals surface area contributed by atoms with Crippen molar-refractivity contribution >= 4 is 6.21 Å². The summed E-state index contributed by atoms with van der Waals surface area (Å²) in [7, 11) is 4.73. The number of ether oxygens (including phenoxy) is 4. The lowest BCUT2D eigenvalue weighted by Crippen LogP contribution is -1.96. The van der Waals surface area contributed by atoms with E-state index < -0.39 is 0 Å². The van der Waals surface area contributed by atoms with Crippen molar-refractivity contribution in [3.8, 4) is 34.4 Å². The Labute approximate surface area is 174 Å². The summed E-state index contributed by atoms with van der Waals surface area (Å²) in [5.74, 6) is 3.20. The van der Waals surface area contributed by atoms with Crippen LogP contribution in [0, 0.1) is 0 Å². The molecule has 30 heavy (non-hydrogen) atoms. The van der Waals surface area contributed by atoms with Gasteiger partial charge < -0.3 is 28.3 Å². The highest BCUT2D eigenvalue weighted by Crippen LogP contribution is 2.31. The van der Waals surface area contributed by atoms with Gasteiger partial charge in [0.1, 0.15) is 11.5 Å². The van der Waals surface area contributed by atoms with Crippen molar-refractivity contribution in [1.82, 2.24) is 10.1 Å². The van der Waals surface area contributed by atoms with E-state index in [4.69, 9.17) is 28.3 Å². The lowest BCUT2D eigenvalue weighted by atomic mass is 10.2. The molecule has 0 spiro atoms. The molecule has 3 rings (SSSR count). The van der Waals surface area contributed by atoms with Crippen molar-refractivity contribution in [2.75, 3.05) is 27.9 Å². The van der Waals surface area contributed by atoms with Gasteiger partial charge in [-0.3, -0.25) is 0 Å². The molecule has 0 saturated heterocycles. The van der Waals surface area contributed by atoms with Crippen molar-refractivity contribution in [3.05, 3.63) is 47.9 Å². The van der Waals surface area contributed by atoms with Crippen LogP contribution in [0.1, 0.15) is 18.4 Å². The maximum atomic E-state index is 5.49. The van der Waals surface area contributed by atoms with Crippen molar-refractivity contribution in [3.63, 3.8) is 0 Å². The van der Waals surface area contributed by atoms with Gasteiger partial charge in [-0.1, -0.05) is 10.3 Å². The topological polar surface area (TPSA) is 97.4 Å². The fourth-order valence-electron chi connectivity index (χ4n) is 2.64. The number of hydrogen-bond donors (Lipinski definition) is 0. The van der Waals surface area contributed by atoms with Crippen LogP contribution < -0.4 is 18.9 Å². The number of oxime groups is 1. The van der Waals surface area contributed by atoms with Gasteiger partial charge in [-0.25, -0.2) is 0 Å². The van der Waals surface area contributed by atoms with Gasteiger partial charge in [0.05, 0.1) is 39.7 Å². The molecule has 0 aliphatic rings. The third kappa shape index (κ3) is 4.99. The Morgan fingerprint density at radius 1 is 0.967 bits per heavy atom. The van der Waals surface area contributed by atoms with Gasteiger partial charge in [0.15, 0.2) is 18.1 Å². The van der Waals surface area contributed by atoms with Crippen LogP contribution in [-0.2, 0) is 11.4 Å². The molecule has 0 unspecified atom stereocenters. The van der Waals surface area contributed by atoms with E-state index in [0.29, 0.717) is 41.0 Å². The molecule has 1 heterocycles. The molecule has 0 saturated carbocycles. The van der Waals surface area contributed by atoms with Crippen molar-refractivity contribution in [2.24, 2.45) is 5.16 Å². The van der Waals surface area contributed by atoms with Crippen LogP contribution in [0.25, 0.3) is 11.4 Å². The minimum atomic E-state index is 0.0239. The van der Waals surface area contributed by atoms with E-state index in [1.54, 1.807) is 51.8 Å². The Balaban J connectivity index is 1.62. The molecule has 0 aliphatic heterocycles. The highest BCUT2D eigenvalue weighted by molar-refractivity contribution is 5.80. The third-order valence-corrected chi connectivity index (χ3v) is 4.07. The normalized spacial score (nSPS) is 10.8. The fourth-order valence-corrected chi connectivity index (χ4v) is 2.64. The summed E-state index contributed by atoms with van der Waals surface area (Å²) in [5.41, 5.74) is 1.47. The second kappa shape index (κ2) is 10.1. The molecule has 0 bridgehead atoms. The molecule has 0 atom stereocenters. The summed E-state index contributed by atoms with van der Waals surface area (Å²) in [6.07, 6.45) is 1.56. The number of nitrogens with zero attached hydrogens (tertiary/aromatic N) is 3. The zero-order valence-electron chi connectivity index (χ0n) is 17.2. The Hall–Kier alpha value is -3.75. The molecule has 0 aliphatic carbocycles. The SMILES string of the molecule is CCOc1ccc(/C=N\OCc2nc(-c3ccc(OC)cc3OC)no2)cc1OC. The lowest BCUT2D eigenvalue weighted by molar-refractivity contribution is 0.107. The smallest absolute Gasteiger partial charge is 0.267 e. The van der Waals surface area contributed by atoms with E-state index in [2.05, 4.69) is 15.3 Å². The number of methoxy groups -OCH3 is 3. The lowest BCUT2D eigenvalue weighted by Gasteiger charge is -2.09. The van der Waals surface area contributed by atoms with E-state index in [1.807, 2.05) is 19.1 Å². The monoisotopic (exact) mass is 413 g/mol. The average Bonchev–Trinajstić information content (AvgIpc) is 3.25. The average molecular weight is 413 g/mol. The summed E-state index contributed by atoms with van der Waals surface area (Å²) >= 11 is 0. The standard InChI is InChI=1S/C21H23N3O6/c1-5-28-17-9-6-14(10-19(17)27-4)12-22-29-13-20-23-21(24-30-20)16-8-7-15(25-2)11-18(16)26-3/h6-12H,5,13H2,1-4H3/b22-12-. The molecular weight excluding hydrogens is 390 g/mol. The minimum Gasteiger partial charge on any atom is -0.497 e. The van der Waals surface area contributed by atoms with Gasteiger partial charge in [-0.2, -0.15) is 4.98 Å². The van der Waals surface area contributed by atoms with E-state index in [9.17, 15) is 0 Å².